The molecule has 1 atom stereocenters. The summed E-state index contributed by atoms with van der Waals surface area (Å²) in [7, 11) is 0. The number of nitrogens with one attached hydrogen (secondary N) is 1. The van der Waals surface area contributed by atoms with Crippen molar-refractivity contribution in [2.45, 2.75) is 38.1 Å². The van der Waals surface area contributed by atoms with Crippen LogP contribution < -0.4 is 10.1 Å². The lowest BCUT2D eigenvalue weighted by Gasteiger charge is -2.24. The van der Waals surface area contributed by atoms with Crippen LogP contribution in [0.15, 0.2) is 36.5 Å². The van der Waals surface area contributed by atoms with Crippen LogP contribution in [0.2, 0.25) is 4.34 Å². The molecule has 34 heavy (non-hydrogen) atoms. The zero-order valence-corrected chi connectivity index (χ0v) is 19.5. The molecule has 1 N–H and O–H groups in total. The smallest absolute Gasteiger partial charge is 0.435 e. The van der Waals surface area contributed by atoms with E-state index >= 15 is 0 Å². The van der Waals surface area contributed by atoms with Gasteiger partial charge in [0.2, 0.25) is 0 Å². The Morgan fingerprint density at radius 2 is 2.00 bits per heavy atom. The molecule has 0 spiro atoms. The summed E-state index contributed by atoms with van der Waals surface area (Å²) < 4.78 is 50.2. The fraction of sp³-hybridized carbons (Fsp3) is 0.364. The van der Waals surface area contributed by atoms with E-state index in [1.54, 1.807) is 25.1 Å². The van der Waals surface area contributed by atoms with Crippen LogP contribution in [0.5, 0.6) is 5.75 Å². The zero-order valence-electron chi connectivity index (χ0n) is 17.9. The lowest BCUT2D eigenvalue weighted by molar-refractivity contribution is -0.141. The van der Waals surface area contributed by atoms with E-state index in [9.17, 15) is 18.0 Å². The third kappa shape index (κ3) is 6.02. The number of amides is 1. The molecule has 1 saturated heterocycles. The highest BCUT2D eigenvalue weighted by Crippen LogP contribution is 2.33. The maximum atomic E-state index is 13.0. The van der Waals surface area contributed by atoms with Crippen molar-refractivity contribution in [1.82, 2.24) is 20.5 Å². The molecule has 1 amide bonds. The average molecular weight is 513 g/mol. The lowest BCUT2D eigenvalue weighted by Crippen LogP contribution is -2.28. The lowest BCUT2D eigenvalue weighted by atomic mass is 10.1. The van der Waals surface area contributed by atoms with Gasteiger partial charge in [-0.15, -0.1) is 16.4 Å². The van der Waals surface area contributed by atoms with E-state index in [1.807, 2.05) is 0 Å². The van der Waals surface area contributed by atoms with Crippen molar-refractivity contribution in [3.63, 3.8) is 0 Å². The highest BCUT2D eigenvalue weighted by molar-refractivity contribution is 7.18. The van der Waals surface area contributed by atoms with Gasteiger partial charge in [0.25, 0.3) is 5.91 Å². The van der Waals surface area contributed by atoms with Crippen molar-refractivity contribution in [3.05, 3.63) is 57.8 Å². The van der Waals surface area contributed by atoms with Gasteiger partial charge < -0.3 is 14.8 Å². The highest BCUT2D eigenvalue weighted by atomic mass is 35.5. The molecule has 3 heterocycles. The number of carbonyl (C=O) groups is 1. The third-order valence-electron chi connectivity index (χ3n) is 5.13. The number of aromatic nitrogens is 3. The largest absolute Gasteiger partial charge is 0.490 e. The number of thiazole rings is 1. The van der Waals surface area contributed by atoms with Crippen molar-refractivity contribution >= 4 is 28.8 Å². The first-order valence-electron chi connectivity index (χ1n) is 10.4. The van der Waals surface area contributed by atoms with Crippen LogP contribution in [0, 0.1) is 0 Å². The Balaban J connectivity index is 1.56. The number of nitrogens with zero attached hydrogens (tertiary/aromatic N) is 3. The standard InChI is InChI=1S/C22H20ClF3N4O3S/c1-12(17-2-3-18(30-29-17)22(24,25)26)28-20(31)13-8-14(21-27-11-19(23)34-21)10-16(9-13)33-15-4-6-32-7-5-15/h2-3,8-12,15H,4-7H2,1H3,(H,28,31). The summed E-state index contributed by atoms with van der Waals surface area (Å²) in [5.41, 5.74) is 0.0635. The molecular weight excluding hydrogens is 493 g/mol. The van der Waals surface area contributed by atoms with Gasteiger partial charge in [-0.25, -0.2) is 4.98 Å². The van der Waals surface area contributed by atoms with Crippen molar-refractivity contribution in [2.24, 2.45) is 0 Å². The number of halogens is 4. The van der Waals surface area contributed by atoms with Gasteiger partial charge in [0.15, 0.2) is 5.69 Å². The number of rotatable bonds is 6. The number of hydrogen-bond donors (Lipinski definition) is 1. The first kappa shape index (κ1) is 24.4. The Labute approximate surface area is 202 Å². The van der Waals surface area contributed by atoms with Crippen LogP contribution >= 0.6 is 22.9 Å². The molecule has 1 fully saturated rings. The quantitative estimate of drug-likeness (QED) is 0.481. The Hall–Kier alpha value is -2.76. The number of benzene rings is 1. The molecule has 0 radical (unpaired) electrons. The molecule has 12 heteroatoms. The maximum Gasteiger partial charge on any atom is 0.435 e. The maximum absolute atomic E-state index is 13.0. The molecule has 1 aliphatic rings. The molecule has 0 aliphatic carbocycles. The van der Waals surface area contributed by atoms with E-state index in [0.29, 0.717) is 39.4 Å². The molecule has 180 valence electrons. The van der Waals surface area contributed by atoms with Gasteiger partial charge in [-0.3, -0.25) is 4.79 Å². The fourth-order valence-electron chi connectivity index (χ4n) is 3.37. The topological polar surface area (TPSA) is 86.2 Å². The Morgan fingerprint density at radius 1 is 1.24 bits per heavy atom. The van der Waals surface area contributed by atoms with Gasteiger partial charge in [-0.1, -0.05) is 11.6 Å². The van der Waals surface area contributed by atoms with E-state index < -0.39 is 23.8 Å². The van der Waals surface area contributed by atoms with E-state index in [0.717, 1.165) is 18.9 Å². The van der Waals surface area contributed by atoms with Crippen molar-refractivity contribution < 1.29 is 27.4 Å². The minimum atomic E-state index is -4.59. The van der Waals surface area contributed by atoms with Crippen LogP contribution in [0.3, 0.4) is 0 Å². The molecule has 7 nitrogen and oxygen atoms in total. The second-order valence-corrected chi connectivity index (χ2v) is 9.34. The molecule has 4 rings (SSSR count). The van der Waals surface area contributed by atoms with Gasteiger partial charge in [0.1, 0.15) is 21.2 Å². The molecule has 2 aromatic heterocycles. The second-order valence-electron chi connectivity index (χ2n) is 7.68. The first-order valence-corrected chi connectivity index (χ1v) is 11.6. The minimum absolute atomic E-state index is 0.0406. The van der Waals surface area contributed by atoms with E-state index in [2.05, 4.69) is 20.5 Å². The monoisotopic (exact) mass is 512 g/mol. The number of carbonyl (C=O) groups excluding carboxylic acids is 1. The van der Waals surface area contributed by atoms with Crippen LogP contribution in [0.1, 0.15) is 47.6 Å². The van der Waals surface area contributed by atoms with Crippen molar-refractivity contribution in [3.8, 4) is 16.3 Å². The number of hydrogen-bond acceptors (Lipinski definition) is 7. The van der Waals surface area contributed by atoms with Gasteiger partial charge in [0.05, 0.1) is 31.1 Å². The average Bonchev–Trinajstić information content (AvgIpc) is 3.25. The summed E-state index contributed by atoms with van der Waals surface area (Å²) in [6.45, 7) is 2.82. The fourth-order valence-corrected chi connectivity index (χ4v) is 4.27. The third-order valence-corrected chi connectivity index (χ3v) is 6.29. The summed E-state index contributed by atoms with van der Waals surface area (Å²) in [5, 5.41) is 10.2. The molecule has 1 unspecified atom stereocenters. The summed E-state index contributed by atoms with van der Waals surface area (Å²) in [5.74, 6) is 0.0541. The van der Waals surface area contributed by atoms with Crippen LogP contribution in [-0.2, 0) is 10.9 Å². The van der Waals surface area contributed by atoms with E-state index in [4.69, 9.17) is 21.1 Å². The zero-order chi connectivity index (χ0) is 24.3. The predicted octanol–water partition coefficient (Wildman–Crippen LogP) is 5.32. The van der Waals surface area contributed by atoms with Crippen LogP contribution in [0.25, 0.3) is 10.6 Å². The second kappa shape index (κ2) is 10.2. The number of ether oxygens (including phenoxy) is 2. The summed E-state index contributed by atoms with van der Waals surface area (Å²) in [6.07, 6.45) is -1.63. The molecule has 1 aromatic carbocycles. The molecule has 0 saturated carbocycles. The Kier molecular flexibility index (Phi) is 7.34. The van der Waals surface area contributed by atoms with Gasteiger partial charge in [-0.2, -0.15) is 18.3 Å². The molecular formula is C22H20ClF3N4O3S. The summed E-state index contributed by atoms with van der Waals surface area (Å²) in [6, 6.07) is 6.42. The van der Waals surface area contributed by atoms with Gasteiger partial charge in [0, 0.05) is 24.0 Å². The summed E-state index contributed by atoms with van der Waals surface area (Å²) >= 11 is 7.30. The van der Waals surface area contributed by atoms with E-state index in [1.165, 1.54) is 23.6 Å². The van der Waals surface area contributed by atoms with Gasteiger partial charge in [-0.05, 0) is 37.3 Å². The SMILES string of the molecule is CC(NC(=O)c1cc(OC2CCOCC2)cc(-c2ncc(Cl)s2)c1)c1ccc(C(F)(F)F)nn1. The van der Waals surface area contributed by atoms with Crippen LogP contribution in [0.4, 0.5) is 13.2 Å². The van der Waals surface area contributed by atoms with Crippen molar-refractivity contribution in [1.29, 1.82) is 0 Å². The molecule has 0 bridgehead atoms. The Morgan fingerprint density at radius 3 is 2.62 bits per heavy atom. The van der Waals surface area contributed by atoms with Crippen molar-refractivity contribution in [2.75, 3.05) is 13.2 Å². The molecule has 3 aromatic rings. The normalized spacial score (nSPS) is 15.7. The summed E-state index contributed by atoms with van der Waals surface area (Å²) in [4.78, 5) is 17.3. The minimum Gasteiger partial charge on any atom is -0.490 e. The highest BCUT2D eigenvalue weighted by Gasteiger charge is 2.33. The van der Waals surface area contributed by atoms with Crippen LogP contribution in [-0.4, -0.2) is 40.4 Å². The molecule has 1 aliphatic heterocycles. The Bertz CT molecular complexity index is 1150. The van der Waals surface area contributed by atoms with E-state index in [-0.39, 0.29) is 11.8 Å². The predicted molar refractivity (Wildman–Crippen MR) is 120 cm³/mol. The number of alkyl halides is 3. The first-order chi connectivity index (χ1) is 16.2. The van der Waals surface area contributed by atoms with Gasteiger partial charge >= 0.3 is 6.18 Å².